The van der Waals surface area contributed by atoms with Gasteiger partial charge in [0.2, 0.25) is 0 Å². The molecular formula is C21H20N4O2. The zero-order valence-corrected chi connectivity index (χ0v) is 15.0. The van der Waals surface area contributed by atoms with E-state index in [1.807, 2.05) is 43.3 Å². The molecule has 2 N–H and O–H groups in total. The molecule has 0 unspecified atom stereocenters. The van der Waals surface area contributed by atoms with Gasteiger partial charge in [-0.05, 0) is 49.6 Å². The van der Waals surface area contributed by atoms with Crippen LogP contribution < -0.4 is 16.2 Å². The summed E-state index contributed by atoms with van der Waals surface area (Å²) in [5.41, 5.74) is 2.63. The van der Waals surface area contributed by atoms with E-state index >= 15 is 0 Å². The number of carbonyl (C=O) groups is 1. The number of nitrogens with zero attached hydrogens (tertiary/aromatic N) is 2. The quantitative estimate of drug-likeness (QED) is 0.733. The van der Waals surface area contributed by atoms with Crippen molar-refractivity contribution in [2.24, 2.45) is 0 Å². The molecule has 136 valence electrons. The predicted octanol–water partition coefficient (Wildman–Crippen LogP) is 3.18. The standard InChI is InChI=1S/C21H20N4O2/c1-14-7-8-15(20(26)24-17-9-10-17)13-18(14)25-12-11-22-19(21(25)27)23-16-5-3-2-4-6-16/h2-8,11-13,17H,9-10H2,1H3,(H,22,23)(H,24,26). The van der Waals surface area contributed by atoms with E-state index < -0.39 is 0 Å². The number of para-hydroxylation sites is 1. The van der Waals surface area contributed by atoms with Crippen molar-refractivity contribution in [3.63, 3.8) is 0 Å². The fraction of sp³-hybridized carbons (Fsp3) is 0.190. The first kappa shape index (κ1) is 17.0. The first-order valence-corrected chi connectivity index (χ1v) is 8.93. The van der Waals surface area contributed by atoms with Crippen LogP contribution in [-0.4, -0.2) is 21.5 Å². The number of carbonyl (C=O) groups excluding carboxylic acids is 1. The molecule has 2 aromatic carbocycles. The smallest absolute Gasteiger partial charge is 0.298 e. The van der Waals surface area contributed by atoms with E-state index in [-0.39, 0.29) is 23.3 Å². The van der Waals surface area contributed by atoms with Gasteiger partial charge in [0.05, 0.1) is 5.69 Å². The maximum Gasteiger partial charge on any atom is 0.298 e. The first-order valence-electron chi connectivity index (χ1n) is 8.93. The van der Waals surface area contributed by atoms with Gasteiger partial charge in [0, 0.05) is 29.7 Å². The van der Waals surface area contributed by atoms with Crippen LogP contribution in [0.1, 0.15) is 28.8 Å². The predicted molar refractivity (Wildman–Crippen MR) is 105 cm³/mol. The summed E-state index contributed by atoms with van der Waals surface area (Å²) in [5.74, 6) is 0.124. The molecule has 1 aliphatic rings. The maximum atomic E-state index is 12.9. The summed E-state index contributed by atoms with van der Waals surface area (Å²) in [6.45, 7) is 1.91. The van der Waals surface area contributed by atoms with Crippen LogP contribution in [0.5, 0.6) is 0 Å². The van der Waals surface area contributed by atoms with E-state index in [9.17, 15) is 9.59 Å². The van der Waals surface area contributed by atoms with Crippen molar-refractivity contribution >= 4 is 17.4 Å². The molecule has 6 heteroatoms. The molecule has 1 aliphatic carbocycles. The van der Waals surface area contributed by atoms with E-state index in [0.29, 0.717) is 11.3 Å². The van der Waals surface area contributed by atoms with E-state index in [1.54, 1.807) is 24.5 Å². The number of hydrogen-bond donors (Lipinski definition) is 2. The molecule has 1 fully saturated rings. The Hall–Kier alpha value is -3.41. The van der Waals surface area contributed by atoms with Crippen molar-refractivity contribution in [3.05, 3.63) is 82.4 Å². The summed E-state index contributed by atoms with van der Waals surface area (Å²) in [6, 6.07) is 15.1. The van der Waals surface area contributed by atoms with Gasteiger partial charge in [0.1, 0.15) is 0 Å². The Balaban J connectivity index is 1.69. The van der Waals surface area contributed by atoms with Crippen molar-refractivity contribution in [2.75, 3.05) is 5.32 Å². The third kappa shape index (κ3) is 3.74. The minimum Gasteiger partial charge on any atom is -0.349 e. The summed E-state index contributed by atoms with van der Waals surface area (Å²) >= 11 is 0. The average Bonchev–Trinajstić information content (AvgIpc) is 3.49. The van der Waals surface area contributed by atoms with Crippen LogP contribution in [-0.2, 0) is 0 Å². The number of hydrogen-bond acceptors (Lipinski definition) is 4. The second kappa shape index (κ2) is 7.07. The normalized spacial score (nSPS) is 13.2. The van der Waals surface area contributed by atoms with E-state index in [1.165, 1.54) is 4.57 Å². The van der Waals surface area contributed by atoms with Crippen LogP contribution in [0.15, 0.2) is 65.7 Å². The second-order valence-corrected chi connectivity index (χ2v) is 6.69. The SMILES string of the molecule is Cc1ccc(C(=O)NC2CC2)cc1-n1ccnc(Nc2ccccc2)c1=O. The number of rotatable bonds is 5. The Morgan fingerprint density at radius 1 is 1.15 bits per heavy atom. The molecule has 0 radical (unpaired) electrons. The lowest BCUT2D eigenvalue weighted by Crippen LogP contribution is -2.26. The van der Waals surface area contributed by atoms with Crippen LogP contribution in [0.2, 0.25) is 0 Å². The van der Waals surface area contributed by atoms with Gasteiger partial charge < -0.3 is 10.6 Å². The molecule has 0 aliphatic heterocycles. The summed E-state index contributed by atoms with van der Waals surface area (Å²) < 4.78 is 1.52. The third-order valence-electron chi connectivity index (χ3n) is 4.52. The number of benzene rings is 2. The molecule has 1 aromatic heterocycles. The fourth-order valence-electron chi connectivity index (χ4n) is 2.85. The highest BCUT2D eigenvalue weighted by molar-refractivity contribution is 5.95. The lowest BCUT2D eigenvalue weighted by atomic mass is 10.1. The van der Waals surface area contributed by atoms with Gasteiger partial charge in [-0.25, -0.2) is 4.98 Å². The van der Waals surface area contributed by atoms with Crippen molar-refractivity contribution < 1.29 is 4.79 Å². The average molecular weight is 360 g/mol. The summed E-state index contributed by atoms with van der Waals surface area (Å²) in [6.07, 6.45) is 5.25. The second-order valence-electron chi connectivity index (χ2n) is 6.69. The Morgan fingerprint density at radius 2 is 1.93 bits per heavy atom. The highest BCUT2D eigenvalue weighted by atomic mass is 16.2. The van der Waals surface area contributed by atoms with Crippen LogP contribution in [0.25, 0.3) is 5.69 Å². The topological polar surface area (TPSA) is 76.0 Å². The third-order valence-corrected chi connectivity index (χ3v) is 4.52. The minimum atomic E-state index is -0.274. The maximum absolute atomic E-state index is 12.9. The molecular weight excluding hydrogens is 340 g/mol. The zero-order chi connectivity index (χ0) is 18.8. The largest absolute Gasteiger partial charge is 0.349 e. The van der Waals surface area contributed by atoms with Gasteiger partial charge in [-0.1, -0.05) is 24.3 Å². The van der Waals surface area contributed by atoms with E-state index in [2.05, 4.69) is 15.6 Å². The van der Waals surface area contributed by atoms with Crippen molar-refractivity contribution in [1.29, 1.82) is 0 Å². The van der Waals surface area contributed by atoms with Gasteiger partial charge in [-0.15, -0.1) is 0 Å². The van der Waals surface area contributed by atoms with Gasteiger partial charge in [-0.3, -0.25) is 14.2 Å². The van der Waals surface area contributed by atoms with E-state index in [4.69, 9.17) is 0 Å². The number of aryl methyl sites for hydroxylation is 1. The van der Waals surface area contributed by atoms with Crippen molar-refractivity contribution in [1.82, 2.24) is 14.9 Å². The molecule has 4 rings (SSSR count). The van der Waals surface area contributed by atoms with Gasteiger partial charge in [0.25, 0.3) is 11.5 Å². The van der Waals surface area contributed by atoms with Gasteiger partial charge in [-0.2, -0.15) is 0 Å². The molecule has 1 saturated carbocycles. The monoisotopic (exact) mass is 360 g/mol. The van der Waals surface area contributed by atoms with Crippen LogP contribution in [0.3, 0.4) is 0 Å². The minimum absolute atomic E-state index is 0.108. The van der Waals surface area contributed by atoms with Crippen molar-refractivity contribution in [3.8, 4) is 5.69 Å². The molecule has 1 amide bonds. The highest BCUT2D eigenvalue weighted by Gasteiger charge is 2.24. The molecule has 1 heterocycles. The highest BCUT2D eigenvalue weighted by Crippen LogP contribution is 2.21. The molecule has 6 nitrogen and oxygen atoms in total. The molecule has 0 spiro atoms. The van der Waals surface area contributed by atoms with Crippen LogP contribution >= 0.6 is 0 Å². The lowest BCUT2D eigenvalue weighted by molar-refractivity contribution is 0.0951. The number of anilines is 2. The van der Waals surface area contributed by atoms with Crippen molar-refractivity contribution in [2.45, 2.75) is 25.8 Å². The number of nitrogens with one attached hydrogen (secondary N) is 2. The van der Waals surface area contributed by atoms with Gasteiger partial charge >= 0.3 is 0 Å². The molecule has 3 aromatic rings. The lowest BCUT2D eigenvalue weighted by Gasteiger charge is -2.13. The Labute approximate surface area is 156 Å². The molecule has 0 bridgehead atoms. The molecule has 0 atom stereocenters. The van der Waals surface area contributed by atoms with Crippen LogP contribution in [0.4, 0.5) is 11.5 Å². The van der Waals surface area contributed by atoms with Crippen LogP contribution in [0, 0.1) is 6.92 Å². The molecule has 27 heavy (non-hydrogen) atoms. The fourth-order valence-corrected chi connectivity index (χ4v) is 2.85. The summed E-state index contributed by atoms with van der Waals surface area (Å²) in [4.78, 5) is 29.5. The summed E-state index contributed by atoms with van der Waals surface area (Å²) in [5, 5.41) is 6.03. The number of aromatic nitrogens is 2. The Bertz CT molecular complexity index is 1040. The first-order chi connectivity index (χ1) is 13.1. The zero-order valence-electron chi connectivity index (χ0n) is 15.0. The van der Waals surface area contributed by atoms with E-state index in [0.717, 1.165) is 24.1 Å². The molecule has 0 saturated heterocycles. The van der Waals surface area contributed by atoms with Gasteiger partial charge in [0.15, 0.2) is 5.82 Å². The summed E-state index contributed by atoms with van der Waals surface area (Å²) in [7, 11) is 0. The Morgan fingerprint density at radius 3 is 2.67 bits per heavy atom. The Kier molecular flexibility index (Phi) is 4.46. The number of amides is 1.